The monoisotopic (exact) mass is 766 g/mol. The number of alkyl halides is 6. The van der Waals surface area contributed by atoms with Crippen molar-refractivity contribution in [2.45, 2.75) is 30.9 Å². The molecular formula is C49H36F6Si. The van der Waals surface area contributed by atoms with Gasteiger partial charge in [-0.15, -0.1) is 0 Å². The molecule has 1 aliphatic heterocycles. The highest BCUT2D eigenvalue weighted by Gasteiger charge is 2.74. The van der Waals surface area contributed by atoms with Crippen LogP contribution in [0.25, 0.3) is 44.2 Å². The van der Waals surface area contributed by atoms with Crippen LogP contribution in [0.2, 0.25) is 13.1 Å². The first kappa shape index (κ1) is 37.0. The summed E-state index contributed by atoms with van der Waals surface area (Å²) in [7, 11) is -3.34. The van der Waals surface area contributed by atoms with E-state index in [0.717, 1.165) is 45.6 Å². The lowest BCUT2D eigenvalue weighted by Gasteiger charge is -2.41. The summed E-state index contributed by atoms with van der Waals surface area (Å²) in [5, 5.41) is 0.923. The maximum Gasteiger partial charge on any atom is 0.411 e. The lowest BCUT2D eigenvalue weighted by atomic mass is 9.71. The van der Waals surface area contributed by atoms with Crippen LogP contribution in [0.1, 0.15) is 27.8 Å². The number of halogens is 6. The summed E-state index contributed by atoms with van der Waals surface area (Å²) in [4.78, 5) is 0. The van der Waals surface area contributed by atoms with E-state index in [2.05, 4.69) is 0 Å². The van der Waals surface area contributed by atoms with Gasteiger partial charge in [-0.1, -0.05) is 171 Å². The predicted octanol–water partition coefficient (Wildman–Crippen LogP) is 13.5. The Hall–Kier alpha value is -5.92. The molecular weight excluding hydrogens is 731 g/mol. The molecule has 0 unspecified atom stereocenters. The second-order valence-electron chi connectivity index (χ2n) is 14.7. The van der Waals surface area contributed by atoms with Crippen molar-refractivity contribution < 1.29 is 26.3 Å². The highest BCUT2D eigenvalue weighted by molar-refractivity contribution is 7.08. The van der Waals surface area contributed by atoms with Gasteiger partial charge in [-0.25, -0.2) is 0 Å². The van der Waals surface area contributed by atoms with Crippen molar-refractivity contribution in [2.24, 2.45) is 0 Å². The van der Waals surface area contributed by atoms with Crippen molar-refractivity contribution in [2.75, 3.05) is 0 Å². The highest BCUT2D eigenvalue weighted by Crippen LogP contribution is 2.58. The van der Waals surface area contributed by atoms with Crippen LogP contribution in [0.5, 0.6) is 0 Å². The molecule has 0 N–H and O–H groups in total. The van der Waals surface area contributed by atoms with Gasteiger partial charge in [0.25, 0.3) is 0 Å². The number of benzene rings is 7. The van der Waals surface area contributed by atoms with E-state index >= 15 is 26.3 Å². The third-order valence-electron chi connectivity index (χ3n) is 11.0. The molecule has 0 radical (unpaired) electrons. The van der Waals surface area contributed by atoms with Crippen molar-refractivity contribution >= 4 is 24.0 Å². The van der Waals surface area contributed by atoms with Gasteiger partial charge >= 0.3 is 12.4 Å². The third kappa shape index (κ3) is 6.11. The zero-order valence-corrected chi connectivity index (χ0v) is 31.6. The molecule has 8 rings (SSSR count). The first-order valence-corrected chi connectivity index (χ1v) is 21.3. The van der Waals surface area contributed by atoms with Crippen molar-refractivity contribution in [1.82, 2.24) is 0 Å². The molecule has 7 heteroatoms. The van der Waals surface area contributed by atoms with Crippen LogP contribution >= 0.6 is 0 Å². The molecule has 0 bridgehead atoms. The summed E-state index contributed by atoms with van der Waals surface area (Å²) in [6.07, 6.45) is -11.6. The maximum absolute atomic E-state index is 16.4. The molecule has 0 spiro atoms. The minimum Gasteiger partial charge on any atom is -0.169 e. The van der Waals surface area contributed by atoms with Gasteiger partial charge in [-0.05, 0) is 101 Å². The fourth-order valence-corrected chi connectivity index (χ4v) is 12.5. The van der Waals surface area contributed by atoms with Crippen LogP contribution in [-0.2, 0) is 5.41 Å². The van der Waals surface area contributed by atoms with Gasteiger partial charge in [0.15, 0.2) is 0 Å². The van der Waals surface area contributed by atoms with Crippen LogP contribution < -0.4 is 5.19 Å². The second-order valence-corrected chi connectivity index (χ2v) is 18.9. The molecule has 0 amide bonds. The minimum absolute atomic E-state index is 0.130. The molecule has 0 aliphatic carbocycles. The molecule has 0 saturated heterocycles. The molecule has 56 heavy (non-hydrogen) atoms. The van der Waals surface area contributed by atoms with Crippen LogP contribution in [-0.4, -0.2) is 20.4 Å². The van der Waals surface area contributed by atoms with Gasteiger partial charge in [0.05, 0.1) is 0 Å². The molecule has 0 atom stereocenters. The van der Waals surface area contributed by atoms with Gasteiger partial charge in [0.2, 0.25) is 5.41 Å². The Bertz CT molecular complexity index is 2540. The van der Waals surface area contributed by atoms with Gasteiger partial charge in [-0.2, -0.15) is 26.3 Å². The lowest BCUT2D eigenvalue weighted by Crippen LogP contribution is -2.59. The van der Waals surface area contributed by atoms with E-state index in [1.54, 1.807) is 54.6 Å². The molecule has 0 nitrogen and oxygen atoms in total. The number of hydrogen-bond donors (Lipinski definition) is 0. The van der Waals surface area contributed by atoms with Crippen molar-refractivity contribution in [3.05, 3.63) is 210 Å². The SMILES string of the molecule is C[Si]1(C)C(c2ccccc2)=C(c2ccccc2)c2cccc(C(c3cc(-c4ccccc4)cc(-c4cccc(-c5ccccc5)c4)c3)(C(F)(F)F)C(F)(F)F)c21. The van der Waals surface area contributed by atoms with Gasteiger partial charge < -0.3 is 0 Å². The molecule has 1 heterocycles. The summed E-state index contributed by atoms with van der Waals surface area (Å²) in [5.74, 6) is 0. The third-order valence-corrected chi connectivity index (χ3v) is 14.6. The van der Waals surface area contributed by atoms with Crippen LogP contribution in [0, 0.1) is 0 Å². The van der Waals surface area contributed by atoms with E-state index in [4.69, 9.17) is 0 Å². The number of hydrogen-bond acceptors (Lipinski definition) is 0. The summed E-state index contributed by atoms with van der Waals surface area (Å²) < 4.78 is 98.6. The van der Waals surface area contributed by atoms with E-state index < -0.39 is 37.0 Å². The summed E-state index contributed by atoms with van der Waals surface area (Å²) in [5.41, 5.74) is -0.320. The first-order valence-electron chi connectivity index (χ1n) is 18.3. The Balaban J connectivity index is 1.46. The van der Waals surface area contributed by atoms with E-state index in [-0.39, 0.29) is 16.3 Å². The van der Waals surface area contributed by atoms with Crippen LogP contribution in [0.4, 0.5) is 26.3 Å². The van der Waals surface area contributed by atoms with Crippen LogP contribution in [0.3, 0.4) is 0 Å². The molecule has 7 aromatic carbocycles. The smallest absolute Gasteiger partial charge is 0.169 e. The molecule has 1 aliphatic rings. The van der Waals surface area contributed by atoms with Crippen molar-refractivity contribution in [3.8, 4) is 33.4 Å². The number of rotatable bonds is 7. The van der Waals surface area contributed by atoms with E-state index in [9.17, 15) is 0 Å². The molecule has 0 fully saturated rings. The first-order chi connectivity index (χ1) is 26.8. The highest BCUT2D eigenvalue weighted by atomic mass is 28.3. The average Bonchev–Trinajstić information content (AvgIpc) is 3.45. The van der Waals surface area contributed by atoms with Crippen molar-refractivity contribution in [3.63, 3.8) is 0 Å². The van der Waals surface area contributed by atoms with Gasteiger partial charge in [-0.3, -0.25) is 0 Å². The molecule has 0 saturated carbocycles. The largest absolute Gasteiger partial charge is 0.411 e. The molecule has 278 valence electrons. The summed E-state index contributed by atoms with van der Waals surface area (Å²) >= 11 is 0. The minimum atomic E-state index is -5.80. The maximum atomic E-state index is 16.4. The zero-order valence-electron chi connectivity index (χ0n) is 30.6. The normalized spacial score (nSPS) is 14.1. The fourth-order valence-electron chi connectivity index (χ4n) is 8.60. The Morgan fingerprint density at radius 3 is 1.29 bits per heavy atom. The quantitative estimate of drug-likeness (QED) is 0.112. The Morgan fingerprint density at radius 2 is 0.768 bits per heavy atom. The Labute approximate surface area is 323 Å². The summed E-state index contributed by atoms with van der Waals surface area (Å²) in [6, 6.07) is 51.8. The van der Waals surface area contributed by atoms with E-state index in [1.807, 2.05) is 116 Å². The standard InChI is InChI=1S/C49H36F6Si/c1-56(2)45(36-23-13-6-14-24-36)44(35-21-11-5-12-22-35)42-27-16-28-43(46(42)56)47(48(50,51)52,49(53,54)55)41-31-39(34-19-9-4-10-20-34)30-40(32-41)38-26-15-25-37(29-38)33-17-7-3-8-18-33/h3-32H,1-2H3. The second kappa shape index (κ2) is 14.0. The Morgan fingerprint density at radius 1 is 0.375 bits per heavy atom. The van der Waals surface area contributed by atoms with E-state index in [0.29, 0.717) is 22.3 Å². The fraction of sp³-hybridized carbons (Fsp3) is 0.102. The van der Waals surface area contributed by atoms with Gasteiger partial charge in [0, 0.05) is 0 Å². The van der Waals surface area contributed by atoms with Gasteiger partial charge in [0.1, 0.15) is 8.07 Å². The topological polar surface area (TPSA) is 0 Å². The Kier molecular flexibility index (Phi) is 9.24. The van der Waals surface area contributed by atoms with E-state index in [1.165, 1.54) is 6.07 Å². The molecule has 0 aromatic heterocycles. The van der Waals surface area contributed by atoms with Crippen LogP contribution in [0.15, 0.2) is 182 Å². The molecule has 7 aromatic rings. The average molecular weight is 767 g/mol. The lowest BCUT2D eigenvalue weighted by molar-refractivity contribution is -0.288. The summed E-state index contributed by atoms with van der Waals surface area (Å²) in [6.45, 7) is 3.73. The zero-order chi connectivity index (χ0) is 39.3. The van der Waals surface area contributed by atoms with Crippen molar-refractivity contribution in [1.29, 1.82) is 0 Å². The number of fused-ring (bicyclic) bond motifs is 1. The predicted molar refractivity (Wildman–Crippen MR) is 218 cm³/mol.